The van der Waals surface area contributed by atoms with Gasteiger partial charge in [0.05, 0.1) is 6.61 Å². The summed E-state index contributed by atoms with van der Waals surface area (Å²) in [4.78, 5) is 56.2. The van der Waals surface area contributed by atoms with Crippen molar-refractivity contribution in [3.8, 4) is 21.9 Å². The van der Waals surface area contributed by atoms with Gasteiger partial charge in [-0.25, -0.2) is 19.2 Å². The average Bonchev–Trinajstić information content (AvgIpc) is 3.93. The monoisotopic (exact) mass is 734 g/mol. The minimum absolute atomic E-state index is 0.0401. The van der Waals surface area contributed by atoms with Crippen LogP contribution in [0.25, 0.3) is 20.5 Å². The SMILES string of the molecule is O=C(O)C(=O)O.O=C(O)C(=O)O.O=C(c1ccc(OCCN2CCCC2)cc1)c1c(-c2ccc(OCCCN3CCCC3)cc2)sc2ccccc12. The van der Waals surface area contributed by atoms with Crippen LogP contribution in [0.3, 0.4) is 0 Å². The molecule has 6 rings (SSSR count). The first-order valence-electron chi connectivity index (χ1n) is 16.9. The van der Waals surface area contributed by atoms with Crippen molar-refractivity contribution in [1.82, 2.24) is 9.80 Å². The Hall–Kier alpha value is -5.31. The summed E-state index contributed by atoms with van der Waals surface area (Å²) in [5, 5.41) is 30.6. The quantitative estimate of drug-likeness (QED) is 0.0817. The summed E-state index contributed by atoms with van der Waals surface area (Å²) in [5.41, 5.74) is 2.48. The molecule has 0 aliphatic carbocycles. The lowest BCUT2D eigenvalue weighted by Gasteiger charge is -2.15. The largest absolute Gasteiger partial charge is 0.494 e. The minimum Gasteiger partial charge on any atom is -0.494 e. The maximum absolute atomic E-state index is 13.9. The molecule has 2 saturated heterocycles. The minimum atomic E-state index is -1.82. The molecule has 0 saturated carbocycles. The zero-order chi connectivity index (χ0) is 37.5. The van der Waals surface area contributed by atoms with Crippen LogP contribution in [0.4, 0.5) is 0 Å². The van der Waals surface area contributed by atoms with Gasteiger partial charge in [0.15, 0.2) is 5.78 Å². The van der Waals surface area contributed by atoms with Gasteiger partial charge in [0, 0.05) is 39.2 Å². The van der Waals surface area contributed by atoms with E-state index in [0.29, 0.717) is 12.2 Å². The topological polar surface area (TPSA) is 191 Å². The first-order valence-corrected chi connectivity index (χ1v) is 17.7. The van der Waals surface area contributed by atoms with Crippen LogP contribution in [-0.4, -0.2) is 112 Å². The molecule has 4 aromatic rings. The van der Waals surface area contributed by atoms with Crippen molar-refractivity contribution in [2.75, 3.05) is 52.5 Å². The van der Waals surface area contributed by atoms with Crippen LogP contribution in [0.2, 0.25) is 0 Å². The van der Waals surface area contributed by atoms with Crippen LogP contribution in [0.5, 0.6) is 11.5 Å². The van der Waals surface area contributed by atoms with Crippen LogP contribution in [-0.2, 0) is 19.2 Å². The van der Waals surface area contributed by atoms with Crippen molar-refractivity contribution in [3.63, 3.8) is 0 Å². The van der Waals surface area contributed by atoms with Gasteiger partial charge in [0.1, 0.15) is 18.1 Å². The number of hydrogen-bond donors (Lipinski definition) is 4. The zero-order valence-electron chi connectivity index (χ0n) is 28.6. The van der Waals surface area contributed by atoms with Gasteiger partial charge >= 0.3 is 23.9 Å². The molecule has 52 heavy (non-hydrogen) atoms. The molecule has 0 radical (unpaired) electrons. The van der Waals surface area contributed by atoms with E-state index in [9.17, 15) is 4.79 Å². The maximum Gasteiger partial charge on any atom is 0.414 e. The van der Waals surface area contributed by atoms with E-state index >= 15 is 0 Å². The lowest BCUT2D eigenvalue weighted by Crippen LogP contribution is -2.25. The molecular weight excluding hydrogens is 692 g/mol. The van der Waals surface area contributed by atoms with E-state index in [1.165, 1.54) is 51.9 Å². The van der Waals surface area contributed by atoms with Gasteiger partial charge in [-0.05, 0) is 118 Å². The number of likely N-dealkylation sites (tertiary alicyclic amines) is 2. The second-order valence-electron chi connectivity index (χ2n) is 12.0. The molecule has 2 aliphatic heterocycles. The van der Waals surface area contributed by atoms with E-state index in [1.54, 1.807) is 11.3 Å². The zero-order valence-corrected chi connectivity index (χ0v) is 29.4. The lowest BCUT2D eigenvalue weighted by atomic mass is 9.97. The first-order chi connectivity index (χ1) is 25.0. The standard InChI is InChI=1S/C34H38N2O3S.2C2H2O4/c37-33(26-10-14-29(15-11-26)39-25-23-36-20-5-6-21-36)32-30-8-1-2-9-31(30)40-34(32)27-12-16-28(17-13-27)38-24-7-22-35-18-3-4-19-35;2*3-1(4)2(5)6/h1-2,8-17H,3-7,18-25H2;2*(H,3,4)(H,5,6). The van der Waals surface area contributed by atoms with Gasteiger partial charge in [-0.3, -0.25) is 9.69 Å². The highest BCUT2D eigenvalue weighted by molar-refractivity contribution is 7.22. The summed E-state index contributed by atoms with van der Waals surface area (Å²) >= 11 is 1.67. The fraction of sp³-hybridized carbons (Fsp3) is 0.342. The summed E-state index contributed by atoms with van der Waals surface area (Å²) in [5.74, 6) is -5.57. The number of benzene rings is 3. The van der Waals surface area contributed by atoms with Gasteiger partial charge in [0.25, 0.3) is 0 Å². The molecule has 2 fully saturated rings. The Morgan fingerprint density at radius 3 is 1.62 bits per heavy atom. The van der Waals surface area contributed by atoms with Gasteiger partial charge in [-0.1, -0.05) is 18.2 Å². The van der Waals surface area contributed by atoms with Crippen LogP contribution in [0, 0.1) is 0 Å². The van der Waals surface area contributed by atoms with E-state index in [2.05, 4.69) is 34.1 Å². The van der Waals surface area contributed by atoms with E-state index in [-0.39, 0.29) is 5.78 Å². The van der Waals surface area contributed by atoms with E-state index in [4.69, 9.17) is 49.1 Å². The Morgan fingerprint density at radius 1 is 0.596 bits per heavy atom. The number of rotatable bonds is 12. The predicted octanol–water partition coefficient (Wildman–Crippen LogP) is 5.45. The molecule has 14 heteroatoms. The van der Waals surface area contributed by atoms with Crippen molar-refractivity contribution < 1.29 is 53.9 Å². The Labute approximate surface area is 304 Å². The number of nitrogens with zero attached hydrogens (tertiary/aromatic N) is 2. The highest BCUT2D eigenvalue weighted by atomic mass is 32.1. The molecule has 0 amide bonds. The van der Waals surface area contributed by atoms with Gasteiger partial charge < -0.3 is 34.8 Å². The number of fused-ring (bicyclic) bond motifs is 1. The summed E-state index contributed by atoms with van der Waals surface area (Å²) in [6, 6.07) is 24.0. The Morgan fingerprint density at radius 2 is 1.08 bits per heavy atom. The third-order valence-corrected chi connectivity index (χ3v) is 9.60. The normalized spacial score (nSPS) is 14.1. The molecule has 0 unspecified atom stereocenters. The number of ketones is 1. The number of hydrogen-bond acceptors (Lipinski definition) is 10. The second-order valence-corrected chi connectivity index (χ2v) is 13.1. The van der Waals surface area contributed by atoms with Crippen molar-refractivity contribution in [2.24, 2.45) is 0 Å². The van der Waals surface area contributed by atoms with Gasteiger partial charge in [-0.2, -0.15) is 0 Å². The molecule has 3 heterocycles. The fourth-order valence-corrected chi connectivity index (χ4v) is 7.01. The highest BCUT2D eigenvalue weighted by Gasteiger charge is 2.22. The Bertz CT molecular complexity index is 1760. The first kappa shape index (κ1) is 39.5. The number of carboxylic acids is 4. The van der Waals surface area contributed by atoms with Crippen LogP contribution < -0.4 is 9.47 Å². The molecular formula is C38H42N2O11S. The maximum atomic E-state index is 13.9. The summed E-state index contributed by atoms with van der Waals surface area (Å²) in [7, 11) is 0. The summed E-state index contributed by atoms with van der Waals surface area (Å²) < 4.78 is 13.1. The molecule has 276 valence electrons. The number of aliphatic carboxylic acids is 4. The van der Waals surface area contributed by atoms with Crippen molar-refractivity contribution in [1.29, 1.82) is 0 Å². The van der Waals surface area contributed by atoms with E-state index < -0.39 is 23.9 Å². The summed E-state index contributed by atoms with van der Waals surface area (Å²) in [6.45, 7) is 8.24. The Kier molecular flexibility index (Phi) is 15.1. The van der Waals surface area contributed by atoms with Gasteiger partial charge in [-0.15, -0.1) is 11.3 Å². The highest BCUT2D eigenvalue weighted by Crippen LogP contribution is 2.40. The molecule has 2 aliphatic rings. The van der Waals surface area contributed by atoms with Crippen molar-refractivity contribution in [2.45, 2.75) is 32.1 Å². The molecule has 1 aromatic heterocycles. The lowest BCUT2D eigenvalue weighted by molar-refractivity contribution is -0.159. The van der Waals surface area contributed by atoms with E-state index in [0.717, 1.165) is 63.7 Å². The molecule has 4 N–H and O–H groups in total. The Balaban J connectivity index is 0.000000436. The molecule has 3 aromatic carbocycles. The number of ether oxygens (including phenoxy) is 2. The average molecular weight is 735 g/mol. The number of carbonyl (C=O) groups excluding carboxylic acids is 1. The molecule has 13 nitrogen and oxygen atoms in total. The molecule has 0 bridgehead atoms. The smallest absolute Gasteiger partial charge is 0.414 e. The third kappa shape index (κ3) is 11.9. The van der Waals surface area contributed by atoms with Gasteiger partial charge in [0.2, 0.25) is 0 Å². The predicted molar refractivity (Wildman–Crippen MR) is 195 cm³/mol. The number of thiophene rings is 1. The fourth-order valence-electron chi connectivity index (χ4n) is 5.81. The second kappa shape index (κ2) is 19.9. The molecule has 0 atom stereocenters. The van der Waals surface area contributed by atoms with Crippen LogP contribution >= 0.6 is 11.3 Å². The third-order valence-electron chi connectivity index (χ3n) is 8.38. The van der Waals surface area contributed by atoms with Crippen molar-refractivity contribution >= 4 is 51.1 Å². The van der Waals surface area contributed by atoms with Crippen LogP contribution in [0.15, 0.2) is 72.8 Å². The summed E-state index contributed by atoms with van der Waals surface area (Å²) in [6.07, 6.45) is 6.26. The number of carboxylic acid groups (broad SMARTS) is 4. The number of carbonyl (C=O) groups is 5. The molecule has 0 spiro atoms. The van der Waals surface area contributed by atoms with Crippen molar-refractivity contribution in [3.05, 3.63) is 83.9 Å². The van der Waals surface area contributed by atoms with Crippen LogP contribution in [0.1, 0.15) is 48.0 Å². The van der Waals surface area contributed by atoms with E-state index in [1.807, 2.05) is 48.5 Å².